The van der Waals surface area contributed by atoms with Gasteiger partial charge in [0.15, 0.2) is 0 Å². The number of hydrogen-bond acceptors (Lipinski definition) is 3. The standard InChI is InChI=1S/C18H31N3/c1-5-10-19-18(17-9-7-6-8-15(17)2)14-21-12-11-20(4)16(3)13-21/h6-9,16,18-19H,5,10-14H2,1-4H3. The Morgan fingerprint density at radius 3 is 2.71 bits per heavy atom. The van der Waals surface area contributed by atoms with Crippen LogP contribution in [0.3, 0.4) is 0 Å². The van der Waals surface area contributed by atoms with E-state index in [0.29, 0.717) is 12.1 Å². The van der Waals surface area contributed by atoms with Crippen LogP contribution in [-0.2, 0) is 0 Å². The van der Waals surface area contributed by atoms with E-state index in [1.54, 1.807) is 0 Å². The van der Waals surface area contributed by atoms with E-state index in [0.717, 1.165) is 13.1 Å². The average Bonchev–Trinajstić information content (AvgIpc) is 2.48. The second-order valence-corrected chi connectivity index (χ2v) is 6.45. The van der Waals surface area contributed by atoms with Crippen molar-refractivity contribution in [3.05, 3.63) is 35.4 Å². The lowest BCUT2D eigenvalue weighted by molar-refractivity contribution is 0.0968. The molecule has 0 aromatic heterocycles. The van der Waals surface area contributed by atoms with Crippen LogP contribution in [0.5, 0.6) is 0 Å². The van der Waals surface area contributed by atoms with Gasteiger partial charge >= 0.3 is 0 Å². The number of benzene rings is 1. The number of nitrogens with one attached hydrogen (secondary N) is 1. The first-order chi connectivity index (χ1) is 10.1. The van der Waals surface area contributed by atoms with Crippen molar-refractivity contribution in [3.63, 3.8) is 0 Å². The zero-order chi connectivity index (χ0) is 15.2. The van der Waals surface area contributed by atoms with Gasteiger partial charge in [-0.15, -0.1) is 0 Å². The molecule has 118 valence electrons. The minimum absolute atomic E-state index is 0.446. The lowest BCUT2D eigenvalue weighted by Gasteiger charge is -2.39. The summed E-state index contributed by atoms with van der Waals surface area (Å²) in [5.74, 6) is 0. The summed E-state index contributed by atoms with van der Waals surface area (Å²) in [6.07, 6.45) is 1.18. The highest BCUT2D eigenvalue weighted by molar-refractivity contribution is 5.29. The molecule has 1 N–H and O–H groups in total. The molecule has 0 amide bonds. The van der Waals surface area contributed by atoms with Crippen LogP contribution < -0.4 is 5.32 Å². The molecule has 2 rings (SSSR count). The summed E-state index contributed by atoms with van der Waals surface area (Å²) in [6, 6.07) is 9.90. The predicted octanol–water partition coefficient (Wildman–Crippen LogP) is 2.67. The fourth-order valence-corrected chi connectivity index (χ4v) is 3.12. The summed E-state index contributed by atoms with van der Waals surface area (Å²) in [5, 5.41) is 3.74. The van der Waals surface area contributed by atoms with Crippen molar-refractivity contribution >= 4 is 0 Å². The van der Waals surface area contributed by atoms with E-state index in [9.17, 15) is 0 Å². The Morgan fingerprint density at radius 1 is 1.29 bits per heavy atom. The van der Waals surface area contributed by atoms with Gasteiger partial charge in [-0.3, -0.25) is 4.90 Å². The Bertz CT molecular complexity index is 432. The molecule has 2 unspecified atom stereocenters. The summed E-state index contributed by atoms with van der Waals surface area (Å²) >= 11 is 0. The second-order valence-electron chi connectivity index (χ2n) is 6.45. The van der Waals surface area contributed by atoms with E-state index in [1.165, 1.54) is 37.2 Å². The van der Waals surface area contributed by atoms with Gasteiger partial charge in [-0.1, -0.05) is 31.2 Å². The molecule has 2 atom stereocenters. The second kappa shape index (κ2) is 7.92. The molecule has 21 heavy (non-hydrogen) atoms. The van der Waals surface area contributed by atoms with E-state index in [1.807, 2.05) is 0 Å². The summed E-state index contributed by atoms with van der Waals surface area (Å²) in [6.45, 7) is 12.5. The topological polar surface area (TPSA) is 18.5 Å². The summed E-state index contributed by atoms with van der Waals surface area (Å²) in [5.41, 5.74) is 2.85. The molecule has 1 fully saturated rings. The molecule has 1 heterocycles. The first-order valence-electron chi connectivity index (χ1n) is 8.33. The van der Waals surface area contributed by atoms with Gasteiger partial charge in [0.1, 0.15) is 0 Å². The van der Waals surface area contributed by atoms with Crippen molar-refractivity contribution in [2.75, 3.05) is 39.8 Å². The molecule has 1 aromatic carbocycles. The highest BCUT2D eigenvalue weighted by Crippen LogP contribution is 2.20. The number of aryl methyl sites for hydroxylation is 1. The maximum absolute atomic E-state index is 3.74. The number of hydrogen-bond donors (Lipinski definition) is 1. The molecule has 0 saturated carbocycles. The molecular formula is C18H31N3. The Hall–Kier alpha value is -0.900. The zero-order valence-corrected chi connectivity index (χ0v) is 14.1. The first-order valence-corrected chi connectivity index (χ1v) is 8.33. The third-order valence-electron chi connectivity index (χ3n) is 4.69. The van der Waals surface area contributed by atoms with Gasteiger partial charge in [-0.2, -0.15) is 0 Å². The van der Waals surface area contributed by atoms with Crippen LogP contribution in [0.4, 0.5) is 0 Å². The predicted molar refractivity (Wildman–Crippen MR) is 90.7 cm³/mol. The van der Waals surface area contributed by atoms with Crippen molar-refractivity contribution in [1.29, 1.82) is 0 Å². The maximum atomic E-state index is 3.74. The highest BCUT2D eigenvalue weighted by atomic mass is 15.3. The maximum Gasteiger partial charge on any atom is 0.0451 e. The number of likely N-dealkylation sites (N-methyl/N-ethyl adjacent to an activating group) is 1. The molecule has 0 bridgehead atoms. The van der Waals surface area contributed by atoms with Crippen LogP contribution in [0.15, 0.2) is 24.3 Å². The van der Waals surface area contributed by atoms with Crippen molar-refractivity contribution in [2.45, 2.75) is 39.3 Å². The van der Waals surface area contributed by atoms with Crippen LogP contribution in [0.2, 0.25) is 0 Å². The number of nitrogens with zero attached hydrogens (tertiary/aromatic N) is 2. The van der Waals surface area contributed by atoms with Crippen LogP contribution in [0.25, 0.3) is 0 Å². The van der Waals surface area contributed by atoms with E-state index in [2.05, 4.69) is 67.2 Å². The lowest BCUT2D eigenvalue weighted by Crippen LogP contribution is -2.51. The van der Waals surface area contributed by atoms with E-state index in [-0.39, 0.29) is 0 Å². The molecule has 1 aliphatic rings. The molecule has 3 heteroatoms. The van der Waals surface area contributed by atoms with Crippen molar-refractivity contribution in [2.24, 2.45) is 0 Å². The lowest BCUT2D eigenvalue weighted by atomic mass is 10.00. The van der Waals surface area contributed by atoms with Crippen LogP contribution in [0.1, 0.15) is 37.4 Å². The van der Waals surface area contributed by atoms with Crippen LogP contribution in [0, 0.1) is 6.92 Å². The molecule has 3 nitrogen and oxygen atoms in total. The molecule has 1 saturated heterocycles. The van der Waals surface area contributed by atoms with Gasteiger partial charge in [0.25, 0.3) is 0 Å². The Morgan fingerprint density at radius 2 is 2.05 bits per heavy atom. The van der Waals surface area contributed by atoms with Gasteiger partial charge < -0.3 is 10.2 Å². The summed E-state index contributed by atoms with van der Waals surface area (Å²) < 4.78 is 0. The average molecular weight is 289 g/mol. The fourth-order valence-electron chi connectivity index (χ4n) is 3.12. The molecular weight excluding hydrogens is 258 g/mol. The number of rotatable bonds is 6. The molecule has 0 aliphatic carbocycles. The van der Waals surface area contributed by atoms with E-state index in [4.69, 9.17) is 0 Å². The van der Waals surface area contributed by atoms with Gasteiger partial charge in [-0.05, 0) is 45.0 Å². The SMILES string of the molecule is CCCNC(CN1CCN(C)C(C)C1)c1ccccc1C. The molecule has 0 spiro atoms. The fraction of sp³-hybridized carbons (Fsp3) is 0.667. The number of piperazine rings is 1. The van der Waals surface area contributed by atoms with Crippen LogP contribution in [-0.4, -0.2) is 55.6 Å². The Labute approximate surface area is 130 Å². The minimum Gasteiger partial charge on any atom is -0.309 e. The largest absolute Gasteiger partial charge is 0.309 e. The Kier molecular flexibility index (Phi) is 6.22. The monoisotopic (exact) mass is 289 g/mol. The molecule has 0 radical (unpaired) electrons. The zero-order valence-electron chi connectivity index (χ0n) is 14.1. The summed E-state index contributed by atoms with van der Waals surface area (Å²) in [4.78, 5) is 5.07. The smallest absolute Gasteiger partial charge is 0.0451 e. The van der Waals surface area contributed by atoms with E-state index >= 15 is 0 Å². The van der Waals surface area contributed by atoms with Crippen molar-refractivity contribution in [1.82, 2.24) is 15.1 Å². The van der Waals surface area contributed by atoms with E-state index < -0.39 is 0 Å². The van der Waals surface area contributed by atoms with Gasteiger partial charge in [0.2, 0.25) is 0 Å². The highest BCUT2D eigenvalue weighted by Gasteiger charge is 2.23. The van der Waals surface area contributed by atoms with Crippen LogP contribution >= 0.6 is 0 Å². The van der Waals surface area contributed by atoms with Crippen molar-refractivity contribution < 1.29 is 0 Å². The molecule has 1 aromatic rings. The van der Waals surface area contributed by atoms with Gasteiger partial charge in [0, 0.05) is 38.3 Å². The quantitative estimate of drug-likeness (QED) is 0.868. The third-order valence-corrected chi connectivity index (χ3v) is 4.69. The normalized spacial score (nSPS) is 22.4. The first kappa shape index (κ1) is 16.5. The van der Waals surface area contributed by atoms with Gasteiger partial charge in [-0.25, -0.2) is 0 Å². The summed E-state index contributed by atoms with van der Waals surface area (Å²) in [7, 11) is 2.23. The molecule has 1 aliphatic heterocycles. The third kappa shape index (κ3) is 4.53. The minimum atomic E-state index is 0.446. The van der Waals surface area contributed by atoms with Crippen molar-refractivity contribution in [3.8, 4) is 0 Å². The Balaban J connectivity index is 2.05. The van der Waals surface area contributed by atoms with Gasteiger partial charge in [0.05, 0.1) is 0 Å².